The Balaban J connectivity index is 2.36. The second-order valence-corrected chi connectivity index (χ2v) is 5.59. The van der Waals surface area contributed by atoms with Crippen LogP contribution in [0.3, 0.4) is 0 Å². The molecule has 1 aromatic carbocycles. The van der Waals surface area contributed by atoms with Crippen molar-refractivity contribution in [2.24, 2.45) is 0 Å². The Labute approximate surface area is 114 Å². The van der Waals surface area contributed by atoms with E-state index >= 15 is 0 Å². The number of H-pyrrole nitrogens is 1. The van der Waals surface area contributed by atoms with Gasteiger partial charge in [-0.3, -0.25) is 0 Å². The predicted octanol–water partition coefficient (Wildman–Crippen LogP) is 4.64. The molecule has 2 heterocycles. The number of benzene rings is 1. The molecule has 0 bridgehead atoms. The Hall–Kier alpha value is -1.52. The first kappa shape index (κ1) is 11.6. The maximum Gasteiger partial charge on any atom is 0.130 e. The number of hydrogen-bond acceptors (Lipinski definition) is 3. The number of aryl methyl sites for hydroxylation is 2. The number of thiophene rings is 1. The molecule has 4 heteroatoms. The summed E-state index contributed by atoms with van der Waals surface area (Å²) >= 11 is 7.13. The van der Waals surface area contributed by atoms with Crippen molar-refractivity contribution in [2.75, 3.05) is 0 Å². The van der Waals surface area contributed by atoms with Crippen molar-refractivity contribution >= 4 is 33.6 Å². The van der Waals surface area contributed by atoms with Gasteiger partial charge in [-0.05, 0) is 30.7 Å². The highest BCUT2D eigenvalue weighted by Crippen LogP contribution is 2.32. The number of nitrogens with zero attached hydrogens (tertiary/aromatic N) is 1. The van der Waals surface area contributed by atoms with Gasteiger partial charge < -0.3 is 4.98 Å². The maximum atomic E-state index is 5.40. The number of nitrogens with one attached hydrogen (secondary N) is 1. The molecule has 0 fully saturated rings. The molecule has 0 radical (unpaired) electrons. The number of aromatic amines is 1. The highest BCUT2D eigenvalue weighted by molar-refractivity contribution is 7.71. The van der Waals surface area contributed by atoms with Crippen LogP contribution < -0.4 is 0 Å². The van der Waals surface area contributed by atoms with Gasteiger partial charge in [0.2, 0.25) is 0 Å². The molecule has 0 aliphatic rings. The zero-order valence-electron chi connectivity index (χ0n) is 10.2. The first-order chi connectivity index (χ1) is 8.66. The molecule has 0 saturated heterocycles. The molecule has 0 saturated carbocycles. The van der Waals surface area contributed by atoms with E-state index in [1.54, 1.807) is 11.3 Å². The highest BCUT2D eigenvalue weighted by atomic mass is 32.1. The molecule has 0 aliphatic carbocycles. The lowest BCUT2D eigenvalue weighted by molar-refractivity contribution is 1.04. The fourth-order valence-electron chi connectivity index (χ4n) is 1.98. The molecule has 3 rings (SSSR count). The van der Waals surface area contributed by atoms with Crippen LogP contribution in [0, 0.1) is 18.5 Å². The molecular weight excluding hydrogens is 260 g/mol. The summed E-state index contributed by atoms with van der Waals surface area (Å²) in [6.07, 6.45) is 0. The normalized spacial score (nSPS) is 11.0. The molecule has 2 aromatic heterocycles. The lowest BCUT2D eigenvalue weighted by Crippen LogP contribution is -1.96. The Morgan fingerprint density at radius 3 is 2.89 bits per heavy atom. The molecule has 0 spiro atoms. The summed E-state index contributed by atoms with van der Waals surface area (Å²) in [5.41, 5.74) is 4.02. The fraction of sp³-hybridized carbons (Fsp3) is 0.143. The predicted molar refractivity (Wildman–Crippen MR) is 79.7 cm³/mol. The Morgan fingerprint density at radius 1 is 1.22 bits per heavy atom. The molecule has 0 unspecified atom stereocenters. The van der Waals surface area contributed by atoms with Crippen LogP contribution in [-0.2, 0) is 0 Å². The van der Waals surface area contributed by atoms with Crippen molar-refractivity contribution in [1.29, 1.82) is 0 Å². The van der Waals surface area contributed by atoms with Crippen LogP contribution in [0.1, 0.15) is 11.4 Å². The third-order valence-corrected chi connectivity index (χ3v) is 4.33. The highest BCUT2D eigenvalue weighted by Gasteiger charge is 2.09. The summed E-state index contributed by atoms with van der Waals surface area (Å²) in [5.74, 6) is 0. The van der Waals surface area contributed by atoms with Gasteiger partial charge in [0.25, 0.3) is 0 Å². The third-order valence-electron chi connectivity index (χ3n) is 3.07. The number of fused-ring (bicyclic) bond motifs is 1. The minimum absolute atomic E-state index is 0.707. The summed E-state index contributed by atoms with van der Waals surface area (Å²) in [5, 5.41) is 3.34. The molecular formula is C14H12N2S2. The van der Waals surface area contributed by atoms with Crippen molar-refractivity contribution in [3.63, 3.8) is 0 Å². The summed E-state index contributed by atoms with van der Waals surface area (Å²) in [6.45, 7) is 3.99. The Morgan fingerprint density at radius 2 is 2.06 bits per heavy atom. The SMILES string of the molecule is Cc1nc(-c2cccc3ccsc23)c(=S)[nH]c1C. The van der Waals surface area contributed by atoms with E-state index in [9.17, 15) is 0 Å². The zero-order valence-corrected chi connectivity index (χ0v) is 11.8. The fourth-order valence-corrected chi connectivity index (χ4v) is 3.21. The summed E-state index contributed by atoms with van der Waals surface area (Å²) < 4.78 is 1.95. The van der Waals surface area contributed by atoms with Crippen molar-refractivity contribution in [3.8, 4) is 11.3 Å². The Kier molecular flexibility index (Phi) is 2.76. The van der Waals surface area contributed by atoms with E-state index in [1.165, 1.54) is 10.1 Å². The van der Waals surface area contributed by atoms with Gasteiger partial charge in [-0.2, -0.15) is 0 Å². The average molecular weight is 272 g/mol. The van der Waals surface area contributed by atoms with E-state index in [0.29, 0.717) is 4.64 Å². The van der Waals surface area contributed by atoms with Gasteiger partial charge in [-0.25, -0.2) is 4.98 Å². The van der Waals surface area contributed by atoms with Crippen molar-refractivity contribution < 1.29 is 0 Å². The standard InChI is InChI=1S/C14H12N2S2/c1-8-9(2)16-14(17)12(15-8)11-5-3-4-10-6-7-18-13(10)11/h3-7H,1-2H3,(H,16,17). The smallest absolute Gasteiger partial charge is 0.130 e. The molecule has 0 aliphatic heterocycles. The van der Waals surface area contributed by atoms with E-state index < -0.39 is 0 Å². The van der Waals surface area contributed by atoms with Gasteiger partial charge in [-0.15, -0.1) is 11.3 Å². The van der Waals surface area contributed by atoms with Gasteiger partial charge >= 0.3 is 0 Å². The quantitative estimate of drug-likeness (QED) is 0.654. The van der Waals surface area contributed by atoms with Crippen molar-refractivity contribution in [2.45, 2.75) is 13.8 Å². The van der Waals surface area contributed by atoms with Crippen LogP contribution in [0.5, 0.6) is 0 Å². The summed E-state index contributed by atoms with van der Waals surface area (Å²) in [7, 11) is 0. The van der Waals surface area contributed by atoms with Crippen LogP contribution in [0.15, 0.2) is 29.6 Å². The maximum absolute atomic E-state index is 5.40. The van der Waals surface area contributed by atoms with E-state index in [4.69, 9.17) is 12.2 Å². The second kappa shape index (κ2) is 4.30. The van der Waals surface area contributed by atoms with Crippen LogP contribution in [0.25, 0.3) is 21.3 Å². The van der Waals surface area contributed by atoms with Crippen LogP contribution in [0.2, 0.25) is 0 Å². The first-order valence-corrected chi connectivity index (χ1v) is 7.00. The number of hydrogen-bond donors (Lipinski definition) is 1. The molecule has 0 atom stereocenters. The van der Waals surface area contributed by atoms with Crippen LogP contribution in [-0.4, -0.2) is 9.97 Å². The second-order valence-electron chi connectivity index (χ2n) is 4.27. The summed E-state index contributed by atoms with van der Waals surface area (Å²) in [6, 6.07) is 8.37. The molecule has 18 heavy (non-hydrogen) atoms. The monoisotopic (exact) mass is 272 g/mol. The van der Waals surface area contributed by atoms with E-state index in [1.807, 2.05) is 13.8 Å². The van der Waals surface area contributed by atoms with Crippen molar-refractivity contribution in [1.82, 2.24) is 9.97 Å². The minimum atomic E-state index is 0.707. The number of aromatic nitrogens is 2. The molecule has 0 amide bonds. The van der Waals surface area contributed by atoms with Gasteiger partial charge in [0.05, 0.1) is 5.69 Å². The van der Waals surface area contributed by atoms with Gasteiger partial charge in [-0.1, -0.05) is 30.4 Å². The van der Waals surface area contributed by atoms with E-state index in [0.717, 1.165) is 22.6 Å². The third kappa shape index (κ3) is 1.78. The lowest BCUT2D eigenvalue weighted by atomic mass is 10.1. The van der Waals surface area contributed by atoms with E-state index in [-0.39, 0.29) is 0 Å². The topological polar surface area (TPSA) is 28.7 Å². The molecule has 2 nitrogen and oxygen atoms in total. The summed E-state index contributed by atoms with van der Waals surface area (Å²) in [4.78, 5) is 7.86. The van der Waals surface area contributed by atoms with Crippen molar-refractivity contribution in [3.05, 3.63) is 45.7 Å². The van der Waals surface area contributed by atoms with E-state index in [2.05, 4.69) is 39.6 Å². The van der Waals surface area contributed by atoms with Gasteiger partial charge in [0.1, 0.15) is 10.3 Å². The van der Waals surface area contributed by atoms with Gasteiger partial charge in [0.15, 0.2) is 0 Å². The Bertz CT molecular complexity index is 784. The van der Waals surface area contributed by atoms with Gasteiger partial charge in [0, 0.05) is 16.0 Å². The molecule has 90 valence electrons. The molecule has 3 aromatic rings. The largest absolute Gasteiger partial charge is 0.347 e. The molecule has 1 N–H and O–H groups in total. The van der Waals surface area contributed by atoms with Crippen LogP contribution >= 0.6 is 23.6 Å². The number of rotatable bonds is 1. The average Bonchev–Trinajstić information content (AvgIpc) is 2.82. The minimum Gasteiger partial charge on any atom is -0.347 e. The van der Waals surface area contributed by atoms with Crippen LogP contribution in [0.4, 0.5) is 0 Å². The first-order valence-electron chi connectivity index (χ1n) is 5.71. The zero-order chi connectivity index (χ0) is 12.7. The lowest BCUT2D eigenvalue weighted by Gasteiger charge is -2.06.